The molecule has 1 atom stereocenters. The molecule has 0 spiro atoms. The maximum Gasteiger partial charge on any atom is 0.0837 e. The molecule has 0 saturated carbocycles. The van der Waals surface area contributed by atoms with E-state index in [1.807, 2.05) is 23.7 Å². The zero-order valence-corrected chi connectivity index (χ0v) is 13.4. The Bertz CT molecular complexity index is 580. The fourth-order valence-corrected chi connectivity index (χ4v) is 2.60. The van der Waals surface area contributed by atoms with Crippen LogP contribution in [0.3, 0.4) is 0 Å². The number of aryl methyl sites for hydroxylation is 2. The molecule has 0 amide bonds. The molecule has 0 aliphatic heterocycles. The first kappa shape index (κ1) is 14.6. The normalized spacial score (nSPS) is 12.7. The Morgan fingerprint density at radius 2 is 2.21 bits per heavy atom. The zero-order valence-electron chi connectivity index (χ0n) is 11.0. The molecule has 102 valence electrons. The SMILES string of the molecule is CCCn1ncc(Cl)c1C(N)c1ccc(Br)c(C)c1. The lowest BCUT2D eigenvalue weighted by molar-refractivity contribution is 0.560. The van der Waals surface area contributed by atoms with Gasteiger partial charge >= 0.3 is 0 Å². The zero-order chi connectivity index (χ0) is 14.0. The van der Waals surface area contributed by atoms with Gasteiger partial charge in [-0.1, -0.05) is 46.6 Å². The summed E-state index contributed by atoms with van der Waals surface area (Å²) >= 11 is 9.72. The predicted octanol–water partition coefficient (Wildman–Crippen LogP) is 4.07. The molecule has 0 saturated heterocycles. The molecule has 1 unspecified atom stereocenters. The van der Waals surface area contributed by atoms with Crippen LogP contribution in [-0.4, -0.2) is 9.78 Å². The highest BCUT2D eigenvalue weighted by Gasteiger charge is 2.18. The van der Waals surface area contributed by atoms with E-state index in [1.165, 1.54) is 0 Å². The van der Waals surface area contributed by atoms with Gasteiger partial charge in [0.1, 0.15) is 0 Å². The Morgan fingerprint density at radius 1 is 1.47 bits per heavy atom. The molecule has 3 nitrogen and oxygen atoms in total. The Labute approximate surface area is 126 Å². The molecule has 2 N–H and O–H groups in total. The van der Waals surface area contributed by atoms with Gasteiger partial charge < -0.3 is 5.73 Å². The second-order valence-corrected chi connectivity index (χ2v) is 5.85. The third-order valence-electron chi connectivity index (χ3n) is 3.10. The van der Waals surface area contributed by atoms with Gasteiger partial charge in [-0.3, -0.25) is 4.68 Å². The molecule has 2 aromatic rings. The molecule has 19 heavy (non-hydrogen) atoms. The van der Waals surface area contributed by atoms with Crippen molar-refractivity contribution in [3.05, 3.63) is 50.7 Å². The van der Waals surface area contributed by atoms with E-state index in [-0.39, 0.29) is 6.04 Å². The Morgan fingerprint density at radius 3 is 2.84 bits per heavy atom. The molecule has 0 bridgehead atoms. The minimum Gasteiger partial charge on any atom is -0.319 e. The molecule has 1 aromatic carbocycles. The van der Waals surface area contributed by atoms with Crippen LogP contribution >= 0.6 is 27.5 Å². The van der Waals surface area contributed by atoms with Crippen LogP contribution in [0.2, 0.25) is 5.02 Å². The average molecular weight is 343 g/mol. The molecule has 0 aliphatic carbocycles. The second-order valence-electron chi connectivity index (χ2n) is 4.59. The van der Waals surface area contributed by atoms with Gasteiger partial charge in [0.15, 0.2) is 0 Å². The van der Waals surface area contributed by atoms with Gasteiger partial charge in [-0.05, 0) is 30.5 Å². The van der Waals surface area contributed by atoms with Crippen LogP contribution < -0.4 is 5.73 Å². The van der Waals surface area contributed by atoms with Gasteiger partial charge in [0.05, 0.1) is 23.0 Å². The predicted molar refractivity (Wildman–Crippen MR) is 82.4 cm³/mol. The maximum absolute atomic E-state index is 6.35. The van der Waals surface area contributed by atoms with Crippen LogP contribution in [0.1, 0.15) is 36.2 Å². The van der Waals surface area contributed by atoms with Gasteiger partial charge in [0.25, 0.3) is 0 Å². The van der Waals surface area contributed by atoms with Crippen molar-refractivity contribution in [2.75, 3.05) is 0 Å². The quantitative estimate of drug-likeness (QED) is 0.910. The van der Waals surface area contributed by atoms with Crippen molar-refractivity contribution in [3.8, 4) is 0 Å². The summed E-state index contributed by atoms with van der Waals surface area (Å²) in [5, 5.41) is 4.91. The van der Waals surface area contributed by atoms with Crippen LogP contribution in [-0.2, 0) is 6.54 Å². The summed E-state index contributed by atoms with van der Waals surface area (Å²) in [6.45, 7) is 4.98. The average Bonchev–Trinajstić information content (AvgIpc) is 2.74. The van der Waals surface area contributed by atoms with Crippen LogP contribution in [0.15, 0.2) is 28.9 Å². The number of aromatic nitrogens is 2. The number of nitrogens with zero attached hydrogens (tertiary/aromatic N) is 2. The summed E-state index contributed by atoms with van der Waals surface area (Å²) in [5.74, 6) is 0. The van der Waals surface area contributed by atoms with Crippen LogP contribution in [0, 0.1) is 6.92 Å². The van der Waals surface area contributed by atoms with E-state index in [9.17, 15) is 0 Å². The molecule has 5 heteroatoms. The van der Waals surface area contributed by atoms with Gasteiger partial charge in [0.2, 0.25) is 0 Å². The topological polar surface area (TPSA) is 43.8 Å². The third-order valence-corrected chi connectivity index (χ3v) is 4.29. The van der Waals surface area contributed by atoms with E-state index in [1.54, 1.807) is 6.20 Å². The Hall–Kier alpha value is -0.840. The summed E-state index contributed by atoms with van der Waals surface area (Å²) in [7, 11) is 0. The molecule has 0 radical (unpaired) electrons. The van der Waals surface area contributed by atoms with Crippen molar-refractivity contribution in [2.45, 2.75) is 32.9 Å². The molecular formula is C14H17BrClN3. The van der Waals surface area contributed by atoms with E-state index in [2.05, 4.69) is 34.0 Å². The smallest absolute Gasteiger partial charge is 0.0837 e. The van der Waals surface area contributed by atoms with Crippen molar-refractivity contribution in [3.63, 3.8) is 0 Å². The third kappa shape index (κ3) is 3.02. The molecule has 0 fully saturated rings. The minimum atomic E-state index is -0.256. The van der Waals surface area contributed by atoms with Crippen molar-refractivity contribution in [1.29, 1.82) is 0 Å². The highest BCUT2D eigenvalue weighted by atomic mass is 79.9. The lowest BCUT2D eigenvalue weighted by atomic mass is 10.0. The summed E-state index contributed by atoms with van der Waals surface area (Å²) in [6, 6.07) is 5.85. The summed E-state index contributed by atoms with van der Waals surface area (Å²) < 4.78 is 2.97. The van der Waals surface area contributed by atoms with E-state index in [0.717, 1.165) is 34.3 Å². The van der Waals surface area contributed by atoms with E-state index in [4.69, 9.17) is 17.3 Å². The van der Waals surface area contributed by atoms with E-state index in [0.29, 0.717) is 5.02 Å². The standard InChI is InChI=1S/C14H17BrClN3/c1-3-6-19-14(12(16)8-18-19)13(17)10-4-5-11(15)9(2)7-10/h4-5,7-8,13H,3,6,17H2,1-2H3. The van der Waals surface area contributed by atoms with Crippen molar-refractivity contribution in [1.82, 2.24) is 9.78 Å². The second kappa shape index (κ2) is 6.07. The molecule has 1 heterocycles. The number of nitrogens with two attached hydrogens (primary N) is 1. The first-order chi connectivity index (χ1) is 9.04. The summed E-state index contributed by atoms with van der Waals surface area (Å²) in [4.78, 5) is 0. The van der Waals surface area contributed by atoms with Crippen LogP contribution in [0.4, 0.5) is 0 Å². The Kier molecular flexibility index (Phi) is 4.66. The molecule has 2 rings (SSSR count). The summed E-state index contributed by atoms with van der Waals surface area (Å²) in [5.41, 5.74) is 9.43. The van der Waals surface area contributed by atoms with Gasteiger partial charge in [-0.15, -0.1) is 0 Å². The number of hydrogen-bond acceptors (Lipinski definition) is 2. The van der Waals surface area contributed by atoms with Crippen LogP contribution in [0.25, 0.3) is 0 Å². The lowest BCUT2D eigenvalue weighted by Crippen LogP contribution is -2.18. The largest absolute Gasteiger partial charge is 0.319 e. The number of halogens is 2. The summed E-state index contributed by atoms with van der Waals surface area (Å²) in [6.07, 6.45) is 2.66. The maximum atomic E-state index is 6.35. The molecule has 1 aromatic heterocycles. The first-order valence-electron chi connectivity index (χ1n) is 6.27. The Balaban J connectivity index is 2.40. The van der Waals surface area contributed by atoms with Gasteiger partial charge in [0, 0.05) is 11.0 Å². The molecular weight excluding hydrogens is 326 g/mol. The van der Waals surface area contributed by atoms with Crippen molar-refractivity contribution in [2.24, 2.45) is 5.73 Å². The van der Waals surface area contributed by atoms with Crippen molar-refractivity contribution >= 4 is 27.5 Å². The molecule has 0 aliphatic rings. The fourth-order valence-electron chi connectivity index (χ4n) is 2.09. The van der Waals surface area contributed by atoms with E-state index < -0.39 is 0 Å². The highest BCUT2D eigenvalue weighted by Crippen LogP contribution is 2.28. The highest BCUT2D eigenvalue weighted by molar-refractivity contribution is 9.10. The first-order valence-corrected chi connectivity index (χ1v) is 7.44. The minimum absolute atomic E-state index is 0.256. The monoisotopic (exact) mass is 341 g/mol. The van der Waals surface area contributed by atoms with E-state index >= 15 is 0 Å². The van der Waals surface area contributed by atoms with Crippen molar-refractivity contribution < 1.29 is 0 Å². The number of hydrogen-bond donors (Lipinski definition) is 1. The van der Waals surface area contributed by atoms with Gasteiger partial charge in [-0.25, -0.2) is 0 Å². The fraction of sp³-hybridized carbons (Fsp3) is 0.357. The number of rotatable bonds is 4. The van der Waals surface area contributed by atoms with Gasteiger partial charge in [-0.2, -0.15) is 5.10 Å². The van der Waals surface area contributed by atoms with Crippen LogP contribution in [0.5, 0.6) is 0 Å². The number of benzene rings is 1. The lowest BCUT2D eigenvalue weighted by Gasteiger charge is -2.16.